The predicted molar refractivity (Wildman–Crippen MR) is 77.4 cm³/mol. The average Bonchev–Trinajstić information content (AvgIpc) is 2.41. The van der Waals surface area contributed by atoms with Crippen molar-refractivity contribution in [2.24, 2.45) is 5.92 Å². The number of hydrogen-bond donors (Lipinski definition) is 1. The fourth-order valence-corrected chi connectivity index (χ4v) is 2.70. The van der Waals surface area contributed by atoms with Gasteiger partial charge in [-0.15, -0.1) is 0 Å². The number of aliphatic hydroxyl groups is 1. The lowest BCUT2D eigenvalue weighted by Gasteiger charge is -2.36. The van der Waals surface area contributed by atoms with Crippen molar-refractivity contribution in [3.05, 3.63) is 29.8 Å². The van der Waals surface area contributed by atoms with Crippen LogP contribution < -0.4 is 4.74 Å². The van der Waals surface area contributed by atoms with Crippen LogP contribution in [0.3, 0.4) is 0 Å². The van der Waals surface area contributed by atoms with Crippen molar-refractivity contribution in [2.75, 3.05) is 26.7 Å². The van der Waals surface area contributed by atoms with Gasteiger partial charge in [-0.2, -0.15) is 0 Å². The number of ether oxygens (including phenoxy) is 1. The van der Waals surface area contributed by atoms with Crippen LogP contribution in [-0.4, -0.2) is 36.8 Å². The van der Waals surface area contributed by atoms with E-state index in [9.17, 15) is 5.11 Å². The fourth-order valence-electron chi connectivity index (χ4n) is 2.70. The standard InChI is InChI=1S/C16H25NO2/c1-13-8-10-17(11-9-13)12-16(2,18)14-4-6-15(19-3)7-5-14/h4-7,13,18H,8-12H2,1-3H3. The minimum absolute atomic E-state index is 0.700. The summed E-state index contributed by atoms with van der Waals surface area (Å²) < 4.78 is 5.15. The van der Waals surface area contributed by atoms with E-state index in [1.165, 1.54) is 12.8 Å². The molecule has 106 valence electrons. The number of piperidine rings is 1. The lowest BCUT2D eigenvalue weighted by molar-refractivity contribution is 0.00654. The van der Waals surface area contributed by atoms with Crippen molar-refractivity contribution in [2.45, 2.75) is 32.3 Å². The van der Waals surface area contributed by atoms with E-state index in [4.69, 9.17) is 4.74 Å². The zero-order chi connectivity index (χ0) is 13.9. The number of rotatable bonds is 4. The molecule has 1 fully saturated rings. The first kappa shape index (κ1) is 14.4. The van der Waals surface area contributed by atoms with Gasteiger partial charge in [0.2, 0.25) is 0 Å². The minimum Gasteiger partial charge on any atom is -0.497 e. The van der Waals surface area contributed by atoms with Crippen LogP contribution >= 0.6 is 0 Å². The zero-order valence-corrected chi connectivity index (χ0v) is 12.2. The Balaban J connectivity index is 2.00. The highest BCUT2D eigenvalue weighted by molar-refractivity contribution is 5.30. The molecule has 2 rings (SSSR count). The highest BCUT2D eigenvalue weighted by Crippen LogP contribution is 2.26. The number of nitrogens with zero attached hydrogens (tertiary/aromatic N) is 1. The first-order valence-corrected chi connectivity index (χ1v) is 7.10. The Morgan fingerprint density at radius 3 is 2.37 bits per heavy atom. The van der Waals surface area contributed by atoms with Crippen molar-refractivity contribution in [1.29, 1.82) is 0 Å². The molecule has 1 atom stereocenters. The fraction of sp³-hybridized carbons (Fsp3) is 0.625. The molecule has 1 aromatic rings. The number of benzene rings is 1. The number of likely N-dealkylation sites (tertiary alicyclic amines) is 1. The van der Waals surface area contributed by atoms with Crippen LogP contribution in [0, 0.1) is 5.92 Å². The van der Waals surface area contributed by atoms with E-state index in [0.717, 1.165) is 30.3 Å². The quantitative estimate of drug-likeness (QED) is 0.906. The summed E-state index contributed by atoms with van der Waals surface area (Å²) >= 11 is 0. The Kier molecular flexibility index (Phi) is 4.48. The molecule has 0 bridgehead atoms. The Bertz CT molecular complexity index is 392. The first-order chi connectivity index (χ1) is 9.01. The molecule has 19 heavy (non-hydrogen) atoms. The molecule has 0 aliphatic carbocycles. The van der Waals surface area contributed by atoms with Crippen molar-refractivity contribution in [3.8, 4) is 5.75 Å². The topological polar surface area (TPSA) is 32.7 Å². The van der Waals surface area contributed by atoms with E-state index in [1.54, 1.807) is 7.11 Å². The van der Waals surface area contributed by atoms with Gasteiger partial charge in [0.1, 0.15) is 5.75 Å². The largest absolute Gasteiger partial charge is 0.497 e. The Labute approximate surface area is 116 Å². The molecule has 0 amide bonds. The number of β-amino-alcohol motifs (C(OH)–C–C–N with tert-alkyl or cyclic N) is 1. The van der Waals surface area contributed by atoms with Gasteiger partial charge in [0.05, 0.1) is 12.7 Å². The second kappa shape index (κ2) is 5.93. The normalized spacial score (nSPS) is 21.1. The lowest BCUT2D eigenvalue weighted by Crippen LogP contribution is -2.42. The third-order valence-corrected chi connectivity index (χ3v) is 4.12. The summed E-state index contributed by atoms with van der Waals surface area (Å²) in [6.45, 7) is 7.08. The van der Waals surface area contributed by atoms with Gasteiger partial charge in [-0.05, 0) is 56.5 Å². The van der Waals surface area contributed by atoms with E-state index in [-0.39, 0.29) is 0 Å². The molecule has 0 spiro atoms. The van der Waals surface area contributed by atoms with Crippen LogP contribution in [0.5, 0.6) is 5.75 Å². The van der Waals surface area contributed by atoms with E-state index in [1.807, 2.05) is 31.2 Å². The first-order valence-electron chi connectivity index (χ1n) is 7.10. The van der Waals surface area contributed by atoms with Crippen LogP contribution in [0.25, 0.3) is 0 Å². The summed E-state index contributed by atoms with van der Waals surface area (Å²) in [5.41, 5.74) is 0.152. The second-order valence-corrected chi connectivity index (χ2v) is 5.96. The zero-order valence-electron chi connectivity index (χ0n) is 12.2. The SMILES string of the molecule is COc1ccc(C(C)(O)CN2CCC(C)CC2)cc1. The predicted octanol–water partition coefficient (Wildman–Crippen LogP) is 2.63. The van der Waals surface area contributed by atoms with Gasteiger partial charge in [-0.1, -0.05) is 19.1 Å². The minimum atomic E-state index is -0.799. The molecule has 1 N–H and O–H groups in total. The van der Waals surface area contributed by atoms with Gasteiger partial charge in [0.25, 0.3) is 0 Å². The van der Waals surface area contributed by atoms with Crippen LogP contribution in [0.2, 0.25) is 0 Å². The lowest BCUT2D eigenvalue weighted by atomic mass is 9.93. The molecule has 1 aliphatic rings. The molecule has 1 unspecified atom stereocenters. The molecule has 1 saturated heterocycles. The van der Waals surface area contributed by atoms with Crippen LogP contribution in [0.15, 0.2) is 24.3 Å². The Hall–Kier alpha value is -1.06. The summed E-state index contributed by atoms with van der Waals surface area (Å²) in [5.74, 6) is 1.65. The maximum absolute atomic E-state index is 10.7. The van der Waals surface area contributed by atoms with E-state index in [2.05, 4.69) is 11.8 Å². The molecule has 0 radical (unpaired) electrons. The third kappa shape index (κ3) is 3.71. The highest BCUT2D eigenvalue weighted by Gasteiger charge is 2.28. The monoisotopic (exact) mass is 263 g/mol. The van der Waals surface area contributed by atoms with Gasteiger partial charge in [-0.3, -0.25) is 0 Å². The maximum Gasteiger partial charge on any atom is 0.118 e. The van der Waals surface area contributed by atoms with Crippen molar-refractivity contribution < 1.29 is 9.84 Å². The van der Waals surface area contributed by atoms with E-state index >= 15 is 0 Å². The molecular formula is C16H25NO2. The molecular weight excluding hydrogens is 238 g/mol. The number of hydrogen-bond acceptors (Lipinski definition) is 3. The van der Waals surface area contributed by atoms with E-state index in [0.29, 0.717) is 6.54 Å². The van der Waals surface area contributed by atoms with Crippen molar-refractivity contribution >= 4 is 0 Å². The summed E-state index contributed by atoms with van der Waals surface area (Å²) in [6.07, 6.45) is 2.47. The number of methoxy groups -OCH3 is 1. The van der Waals surface area contributed by atoms with E-state index < -0.39 is 5.60 Å². The summed E-state index contributed by atoms with van der Waals surface area (Å²) in [4.78, 5) is 2.37. The maximum atomic E-state index is 10.7. The molecule has 1 heterocycles. The third-order valence-electron chi connectivity index (χ3n) is 4.12. The summed E-state index contributed by atoms with van der Waals surface area (Å²) in [5, 5.41) is 10.7. The molecule has 1 aliphatic heterocycles. The highest BCUT2D eigenvalue weighted by atomic mass is 16.5. The molecule has 1 aromatic carbocycles. The molecule has 3 heteroatoms. The molecule has 0 aromatic heterocycles. The summed E-state index contributed by atoms with van der Waals surface area (Å²) in [6, 6.07) is 7.71. The second-order valence-electron chi connectivity index (χ2n) is 5.96. The summed E-state index contributed by atoms with van der Waals surface area (Å²) in [7, 11) is 1.65. The van der Waals surface area contributed by atoms with Gasteiger partial charge in [-0.25, -0.2) is 0 Å². The van der Waals surface area contributed by atoms with Crippen molar-refractivity contribution in [3.63, 3.8) is 0 Å². The van der Waals surface area contributed by atoms with Crippen molar-refractivity contribution in [1.82, 2.24) is 4.90 Å². The Morgan fingerprint density at radius 1 is 1.26 bits per heavy atom. The molecule has 3 nitrogen and oxygen atoms in total. The molecule has 0 saturated carbocycles. The van der Waals surface area contributed by atoms with Gasteiger partial charge in [0.15, 0.2) is 0 Å². The Morgan fingerprint density at radius 2 is 1.84 bits per heavy atom. The van der Waals surface area contributed by atoms with Crippen LogP contribution in [0.1, 0.15) is 32.3 Å². The smallest absolute Gasteiger partial charge is 0.118 e. The van der Waals surface area contributed by atoms with Crippen LogP contribution in [0.4, 0.5) is 0 Å². The van der Waals surface area contributed by atoms with Gasteiger partial charge in [0, 0.05) is 6.54 Å². The van der Waals surface area contributed by atoms with Gasteiger partial charge < -0.3 is 14.7 Å². The van der Waals surface area contributed by atoms with Crippen LogP contribution in [-0.2, 0) is 5.60 Å². The average molecular weight is 263 g/mol. The van der Waals surface area contributed by atoms with Gasteiger partial charge >= 0.3 is 0 Å².